The Morgan fingerprint density at radius 3 is 2.38 bits per heavy atom. The molecular weight excluding hydrogens is 231 g/mol. The van der Waals surface area contributed by atoms with Crippen molar-refractivity contribution in [2.45, 2.75) is 11.8 Å². The van der Waals surface area contributed by atoms with Crippen molar-refractivity contribution in [1.29, 1.82) is 0 Å². The van der Waals surface area contributed by atoms with Gasteiger partial charge in [0.15, 0.2) is 0 Å². The minimum absolute atomic E-state index is 0.0336. The lowest BCUT2D eigenvalue weighted by Crippen LogP contribution is -2.10. The van der Waals surface area contributed by atoms with Gasteiger partial charge in [0.2, 0.25) is 0 Å². The molecule has 0 atom stereocenters. The highest BCUT2D eigenvalue weighted by Crippen LogP contribution is 2.14. The molecular formula is C10H9FN2O2S. The fraction of sp³-hybridized carbons (Fsp3) is 0.100. The van der Waals surface area contributed by atoms with Crippen LogP contribution in [-0.2, 0) is 10.0 Å². The number of halogens is 1. The van der Waals surface area contributed by atoms with E-state index in [1.807, 2.05) is 0 Å². The summed E-state index contributed by atoms with van der Waals surface area (Å²) in [5.74, 6) is -0.472. The highest BCUT2D eigenvalue weighted by atomic mass is 32.2. The third-order valence-corrected chi connectivity index (χ3v) is 3.70. The molecule has 0 aliphatic carbocycles. The second-order valence-corrected chi connectivity index (χ2v) is 5.15. The summed E-state index contributed by atoms with van der Waals surface area (Å²) in [7, 11) is -3.65. The van der Waals surface area contributed by atoms with Crippen LogP contribution in [0.4, 0.5) is 4.39 Å². The van der Waals surface area contributed by atoms with Gasteiger partial charge < -0.3 is 0 Å². The third kappa shape index (κ3) is 1.83. The first-order chi connectivity index (χ1) is 7.50. The zero-order valence-electron chi connectivity index (χ0n) is 8.46. The monoisotopic (exact) mass is 240 g/mol. The number of aryl methyl sites for hydroxylation is 1. The Bertz CT molecular complexity index is 602. The number of imidazole rings is 1. The topological polar surface area (TPSA) is 52.0 Å². The Morgan fingerprint density at radius 1 is 1.25 bits per heavy atom. The zero-order chi connectivity index (χ0) is 11.8. The first-order valence-corrected chi connectivity index (χ1v) is 5.96. The van der Waals surface area contributed by atoms with E-state index in [1.54, 1.807) is 6.92 Å². The number of hydrogen-bond donors (Lipinski definition) is 0. The number of benzene rings is 1. The van der Waals surface area contributed by atoms with Gasteiger partial charge in [0.1, 0.15) is 12.1 Å². The SMILES string of the molecule is Cc1cn(S(=O)(=O)c2ccc(F)cc2)cn1. The number of rotatable bonds is 2. The van der Waals surface area contributed by atoms with E-state index in [2.05, 4.69) is 4.98 Å². The van der Waals surface area contributed by atoms with Crippen LogP contribution in [0.2, 0.25) is 0 Å². The summed E-state index contributed by atoms with van der Waals surface area (Å²) in [6.07, 6.45) is 2.62. The van der Waals surface area contributed by atoms with Crippen molar-refractivity contribution < 1.29 is 12.8 Å². The van der Waals surface area contributed by atoms with Crippen LogP contribution < -0.4 is 0 Å². The molecule has 0 aliphatic heterocycles. The van der Waals surface area contributed by atoms with Crippen LogP contribution in [0.1, 0.15) is 5.69 Å². The van der Waals surface area contributed by atoms with Crippen LogP contribution in [0, 0.1) is 12.7 Å². The van der Waals surface area contributed by atoms with Crippen molar-refractivity contribution in [1.82, 2.24) is 8.96 Å². The Morgan fingerprint density at radius 2 is 1.88 bits per heavy atom. The fourth-order valence-electron chi connectivity index (χ4n) is 1.26. The molecule has 0 N–H and O–H groups in total. The van der Waals surface area contributed by atoms with Crippen molar-refractivity contribution in [3.05, 3.63) is 48.3 Å². The molecule has 0 bridgehead atoms. The van der Waals surface area contributed by atoms with Gasteiger partial charge >= 0.3 is 0 Å². The van der Waals surface area contributed by atoms with Crippen LogP contribution >= 0.6 is 0 Å². The van der Waals surface area contributed by atoms with Crippen molar-refractivity contribution in [3.63, 3.8) is 0 Å². The number of aromatic nitrogens is 2. The van der Waals surface area contributed by atoms with Gasteiger partial charge in [0.05, 0.1) is 10.6 Å². The molecule has 84 valence electrons. The third-order valence-electron chi connectivity index (χ3n) is 2.08. The normalized spacial score (nSPS) is 11.6. The maximum atomic E-state index is 12.7. The molecule has 1 aromatic carbocycles. The van der Waals surface area contributed by atoms with Gasteiger partial charge in [-0.2, -0.15) is 0 Å². The molecule has 6 heteroatoms. The van der Waals surface area contributed by atoms with Crippen molar-refractivity contribution in [2.75, 3.05) is 0 Å². The summed E-state index contributed by atoms with van der Waals surface area (Å²) in [5.41, 5.74) is 0.602. The molecule has 2 rings (SSSR count). The molecule has 16 heavy (non-hydrogen) atoms. The average Bonchev–Trinajstić information content (AvgIpc) is 2.66. The molecule has 1 heterocycles. The van der Waals surface area contributed by atoms with E-state index in [9.17, 15) is 12.8 Å². The minimum Gasteiger partial charge on any atom is -0.241 e. The Balaban J connectivity index is 2.51. The van der Waals surface area contributed by atoms with Gasteiger partial charge in [-0.15, -0.1) is 0 Å². The molecule has 0 radical (unpaired) electrons. The van der Waals surface area contributed by atoms with E-state index in [1.165, 1.54) is 24.7 Å². The standard InChI is InChI=1S/C10H9FN2O2S/c1-8-6-13(7-12-8)16(14,15)10-4-2-9(11)3-5-10/h2-7H,1H3. The van der Waals surface area contributed by atoms with Gasteiger partial charge in [0, 0.05) is 6.20 Å². The summed E-state index contributed by atoms with van der Waals surface area (Å²) >= 11 is 0. The quantitative estimate of drug-likeness (QED) is 0.800. The average molecular weight is 240 g/mol. The number of nitrogens with zero attached hydrogens (tertiary/aromatic N) is 2. The zero-order valence-corrected chi connectivity index (χ0v) is 9.28. The molecule has 0 saturated carbocycles. The largest absolute Gasteiger partial charge is 0.268 e. The summed E-state index contributed by atoms with van der Waals surface area (Å²) in [4.78, 5) is 3.87. The van der Waals surface area contributed by atoms with Crippen LogP contribution in [-0.4, -0.2) is 17.4 Å². The minimum atomic E-state index is -3.65. The van der Waals surface area contributed by atoms with Gasteiger partial charge in [-0.3, -0.25) is 0 Å². The van der Waals surface area contributed by atoms with Crippen molar-refractivity contribution in [2.24, 2.45) is 0 Å². The number of hydrogen-bond acceptors (Lipinski definition) is 3. The molecule has 0 spiro atoms. The predicted molar refractivity (Wildman–Crippen MR) is 55.9 cm³/mol. The highest BCUT2D eigenvalue weighted by Gasteiger charge is 2.16. The first-order valence-electron chi connectivity index (χ1n) is 4.52. The first kappa shape index (κ1) is 10.8. The maximum absolute atomic E-state index is 12.7. The summed E-state index contributed by atoms with van der Waals surface area (Å²) in [5, 5.41) is 0. The van der Waals surface area contributed by atoms with E-state index in [4.69, 9.17) is 0 Å². The molecule has 2 aromatic rings. The van der Waals surface area contributed by atoms with E-state index < -0.39 is 15.8 Å². The summed E-state index contributed by atoms with van der Waals surface area (Å²) in [6.45, 7) is 1.69. The van der Waals surface area contributed by atoms with E-state index in [0.717, 1.165) is 16.1 Å². The van der Waals surface area contributed by atoms with E-state index >= 15 is 0 Å². The molecule has 0 saturated heterocycles. The Labute approximate surface area is 92.4 Å². The van der Waals surface area contributed by atoms with Gasteiger partial charge in [-0.05, 0) is 31.2 Å². The van der Waals surface area contributed by atoms with E-state index in [0.29, 0.717) is 5.69 Å². The Kier molecular flexibility index (Phi) is 2.51. The molecule has 0 aliphatic rings. The van der Waals surface area contributed by atoms with Crippen LogP contribution in [0.3, 0.4) is 0 Å². The maximum Gasteiger partial charge on any atom is 0.268 e. The Hall–Kier alpha value is -1.69. The lowest BCUT2D eigenvalue weighted by atomic mass is 10.4. The molecule has 4 nitrogen and oxygen atoms in total. The lowest BCUT2D eigenvalue weighted by molar-refractivity contribution is 0.586. The van der Waals surface area contributed by atoms with Gasteiger partial charge in [-0.25, -0.2) is 21.8 Å². The van der Waals surface area contributed by atoms with Crippen LogP contribution in [0.25, 0.3) is 0 Å². The van der Waals surface area contributed by atoms with Crippen LogP contribution in [0.15, 0.2) is 41.7 Å². The smallest absolute Gasteiger partial charge is 0.241 e. The fourth-order valence-corrected chi connectivity index (χ4v) is 2.44. The lowest BCUT2D eigenvalue weighted by Gasteiger charge is -2.03. The highest BCUT2D eigenvalue weighted by molar-refractivity contribution is 7.90. The van der Waals surface area contributed by atoms with E-state index in [-0.39, 0.29) is 4.90 Å². The summed E-state index contributed by atoms with van der Waals surface area (Å²) < 4.78 is 37.6. The molecule has 0 fully saturated rings. The molecule has 0 unspecified atom stereocenters. The summed E-state index contributed by atoms with van der Waals surface area (Å²) in [6, 6.07) is 4.66. The molecule has 1 aromatic heterocycles. The van der Waals surface area contributed by atoms with Crippen molar-refractivity contribution >= 4 is 10.0 Å². The van der Waals surface area contributed by atoms with Crippen LogP contribution in [0.5, 0.6) is 0 Å². The molecule has 0 amide bonds. The van der Waals surface area contributed by atoms with Crippen molar-refractivity contribution in [3.8, 4) is 0 Å². The van der Waals surface area contributed by atoms with Gasteiger partial charge in [-0.1, -0.05) is 0 Å². The van der Waals surface area contributed by atoms with Gasteiger partial charge in [0.25, 0.3) is 10.0 Å². The second-order valence-electron chi connectivity index (χ2n) is 3.30. The second kappa shape index (κ2) is 3.71. The predicted octanol–water partition coefficient (Wildman–Crippen LogP) is 1.57.